The topological polar surface area (TPSA) is 119 Å². The lowest BCUT2D eigenvalue weighted by atomic mass is 10.1. The van der Waals surface area contributed by atoms with Gasteiger partial charge in [-0.1, -0.05) is 48.0 Å². The Morgan fingerprint density at radius 1 is 1.00 bits per heavy atom. The predicted molar refractivity (Wildman–Crippen MR) is 133 cm³/mol. The van der Waals surface area contributed by atoms with E-state index in [9.17, 15) is 13.2 Å². The predicted octanol–water partition coefficient (Wildman–Crippen LogP) is 2.70. The summed E-state index contributed by atoms with van der Waals surface area (Å²) in [4.78, 5) is 15.3. The summed E-state index contributed by atoms with van der Waals surface area (Å²) < 4.78 is 36.8. The summed E-state index contributed by atoms with van der Waals surface area (Å²) >= 11 is 0. The van der Waals surface area contributed by atoms with Gasteiger partial charge in [-0.25, -0.2) is 4.79 Å². The summed E-state index contributed by atoms with van der Waals surface area (Å²) in [7, 11) is -4.08. The van der Waals surface area contributed by atoms with Crippen LogP contribution >= 0.6 is 0 Å². The number of ether oxygens (including phenoxy) is 1. The largest absolute Gasteiger partial charge is 0.465 e. The fourth-order valence-electron chi connectivity index (χ4n) is 4.91. The molecule has 2 aromatic rings. The van der Waals surface area contributed by atoms with Crippen molar-refractivity contribution >= 4 is 16.2 Å². The zero-order chi connectivity index (χ0) is 25.6. The molecule has 192 valence electrons. The van der Waals surface area contributed by atoms with Gasteiger partial charge >= 0.3 is 6.09 Å². The van der Waals surface area contributed by atoms with Gasteiger partial charge < -0.3 is 15.2 Å². The highest BCUT2D eigenvalue weighted by Gasteiger charge is 2.34. The molecule has 2 heterocycles. The van der Waals surface area contributed by atoms with Gasteiger partial charge in [0.25, 0.3) is 10.1 Å². The quantitative estimate of drug-likeness (QED) is 0.513. The average Bonchev–Trinajstić information content (AvgIpc) is 2.72. The highest BCUT2D eigenvalue weighted by atomic mass is 32.2. The monoisotopic (exact) mass is 505 g/mol. The maximum Gasteiger partial charge on any atom is 0.404 e. The van der Waals surface area contributed by atoms with Crippen LogP contribution in [0.2, 0.25) is 0 Å². The number of amides is 1. The van der Waals surface area contributed by atoms with E-state index in [0.29, 0.717) is 17.7 Å². The number of carboxylic acid groups (broad SMARTS) is 1. The molecule has 35 heavy (non-hydrogen) atoms. The van der Waals surface area contributed by atoms with Crippen molar-refractivity contribution < 1.29 is 27.6 Å². The Morgan fingerprint density at radius 2 is 1.54 bits per heavy atom. The molecule has 2 bridgehead atoms. The standard InChI is InChI=1S/C16H23N3O3.C9H12O3S/c20-16(21)17-6-7-18-9-14-11-19(12-15(10-18)22-14)8-13-4-2-1-3-5-13;1-6-4-7(2)9(8(3)5-6)13(10,11)12/h1-5,14-15,17H,6-12H2,(H,20,21);4-5H,1-3H3,(H,10,11,12). The molecular formula is C25H35N3O6S. The van der Waals surface area contributed by atoms with E-state index in [2.05, 4.69) is 39.4 Å². The van der Waals surface area contributed by atoms with Gasteiger partial charge in [0.2, 0.25) is 0 Å². The molecular weight excluding hydrogens is 470 g/mol. The van der Waals surface area contributed by atoms with Crippen LogP contribution in [0.4, 0.5) is 4.79 Å². The molecule has 0 radical (unpaired) electrons. The molecule has 2 unspecified atom stereocenters. The Bertz CT molecular complexity index is 1070. The number of carbonyl (C=O) groups is 1. The van der Waals surface area contributed by atoms with Crippen LogP contribution in [0.5, 0.6) is 0 Å². The zero-order valence-electron chi connectivity index (χ0n) is 20.5. The first kappa shape index (κ1) is 27.1. The van der Waals surface area contributed by atoms with Gasteiger partial charge in [-0.05, 0) is 37.5 Å². The van der Waals surface area contributed by atoms with E-state index >= 15 is 0 Å². The third-order valence-corrected chi connectivity index (χ3v) is 7.21. The fraction of sp³-hybridized carbons (Fsp3) is 0.480. The lowest BCUT2D eigenvalue weighted by Crippen LogP contribution is -2.59. The lowest BCUT2D eigenvalue weighted by molar-refractivity contribution is -0.139. The average molecular weight is 506 g/mol. The Hall–Kier alpha value is -2.50. The van der Waals surface area contributed by atoms with Gasteiger partial charge in [0.15, 0.2) is 0 Å². The van der Waals surface area contributed by atoms with Gasteiger partial charge in [0, 0.05) is 45.8 Å². The van der Waals surface area contributed by atoms with E-state index < -0.39 is 16.2 Å². The smallest absolute Gasteiger partial charge is 0.404 e. The fourth-order valence-corrected chi connectivity index (χ4v) is 5.84. The summed E-state index contributed by atoms with van der Waals surface area (Å²) in [6.07, 6.45) is -0.510. The molecule has 1 amide bonds. The minimum Gasteiger partial charge on any atom is -0.465 e. The molecule has 0 aromatic heterocycles. The number of nitrogens with zero attached hydrogens (tertiary/aromatic N) is 2. The number of aryl methyl sites for hydroxylation is 3. The first-order valence-corrected chi connectivity index (χ1v) is 13.1. The van der Waals surface area contributed by atoms with Crippen LogP contribution in [0.3, 0.4) is 0 Å². The van der Waals surface area contributed by atoms with Crippen molar-refractivity contribution in [3.8, 4) is 0 Å². The van der Waals surface area contributed by atoms with Crippen molar-refractivity contribution in [1.29, 1.82) is 0 Å². The number of nitrogens with one attached hydrogen (secondary N) is 1. The molecule has 0 saturated carbocycles. The van der Waals surface area contributed by atoms with Crippen molar-refractivity contribution in [2.24, 2.45) is 0 Å². The van der Waals surface area contributed by atoms with Crippen LogP contribution in [0, 0.1) is 20.8 Å². The van der Waals surface area contributed by atoms with E-state index in [-0.39, 0.29) is 17.1 Å². The van der Waals surface area contributed by atoms with E-state index in [4.69, 9.17) is 14.4 Å². The van der Waals surface area contributed by atoms with E-state index in [1.54, 1.807) is 26.0 Å². The molecule has 3 N–H and O–H groups in total. The Morgan fingerprint density at radius 3 is 2.06 bits per heavy atom. The third-order valence-electron chi connectivity index (χ3n) is 6.05. The number of hydrogen-bond donors (Lipinski definition) is 3. The normalized spacial score (nSPS) is 20.6. The molecule has 2 atom stereocenters. The lowest BCUT2D eigenvalue weighted by Gasteiger charge is -2.45. The van der Waals surface area contributed by atoms with E-state index in [1.165, 1.54) is 5.56 Å². The molecule has 2 saturated heterocycles. The second-order valence-electron chi connectivity index (χ2n) is 9.25. The number of hydrogen-bond acceptors (Lipinski definition) is 6. The molecule has 9 nitrogen and oxygen atoms in total. The number of morpholine rings is 2. The molecule has 2 aromatic carbocycles. The van der Waals surface area contributed by atoms with Gasteiger partial charge in [0.1, 0.15) is 0 Å². The van der Waals surface area contributed by atoms with Crippen LogP contribution in [-0.2, 0) is 21.4 Å². The summed E-state index contributed by atoms with van der Waals surface area (Å²) in [6, 6.07) is 14.0. The zero-order valence-corrected chi connectivity index (χ0v) is 21.3. The van der Waals surface area contributed by atoms with Crippen LogP contribution in [-0.4, -0.2) is 85.4 Å². The highest BCUT2D eigenvalue weighted by molar-refractivity contribution is 7.86. The minimum absolute atomic E-state index is 0.0260. The van der Waals surface area contributed by atoms with Crippen LogP contribution in [0.1, 0.15) is 22.3 Å². The highest BCUT2D eigenvalue weighted by Crippen LogP contribution is 2.21. The SMILES string of the molecule is Cc1cc(C)c(S(=O)(=O)O)c(C)c1.O=C(O)NCCN1CC2CN(Cc3ccccc3)CC(C1)O2. The van der Waals surface area contributed by atoms with Crippen molar-refractivity contribution in [3.63, 3.8) is 0 Å². The summed E-state index contributed by atoms with van der Waals surface area (Å²) in [5.41, 5.74) is 3.49. The molecule has 2 aliphatic rings. The Kier molecular flexibility index (Phi) is 9.26. The number of benzene rings is 2. The van der Waals surface area contributed by atoms with Crippen molar-refractivity contribution in [2.45, 2.75) is 44.4 Å². The Balaban J connectivity index is 0.000000225. The van der Waals surface area contributed by atoms with Gasteiger partial charge in [-0.3, -0.25) is 14.4 Å². The molecule has 10 heteroatoms. The second kappa shape index (κ2) is 12.0. The summed E-state index contributed by atoms with van der Waals surface area (Å²) in [5.74, 6) is 0. The van der Waals surface area contributed by atoms with Crippen molar-refractivity contribution in [2.75, 3.05) is 39.3 Å². The van der Waals surface area contributed by atoms with E-state index in [1.807, 2.05) is 13.0 Å². The van der Waals surface area contributed by atoms with Crippen molar-refractivity contribution in [1.82, 2.24) is 15.1 Å². The number of rotatable bonds is 6. The second-order valence-corrected chi connectivity index (χ2v) is 10.6. The van der Waals surface area contributed by atoms with Gasteiger partial charge in [-0.15, -0.1) is 0 Å². The van der Waals surface area contributed by atoms with Crippen LogP contribution in [0.25, 0.3) is 0 Å². The minimum atomic E-state index is -4.08. The van der Waals surface area contributed by atoms with E-state index in [0.717, 1.165) is 44.8 Å². The first-order valence-electron chi connectivity index (χ1n) is 11.7. The number of fused-ring (bicyclic) bond motifs is 2. The van der Waals surface area contributed by atoms with Crippen molar-refractivity contribution in [3.05, 3.63) is 64.7 Å². The maximum atomic E-state index is 10.9. The third kappa shape index (κ3) is 8.29. The molecule has 0 spiro atoms. The van der Waals surface area contributed by atoms with Crippen LogP contribution < -0.4 is 5.32 Å². The first-order chi connectivity index (χ1) is 16.5. The van der Waals surface area contributed by atoms with Gasteiger partial charge in [-0.2, -0.15) is 8.42 Å². The Labute approximate surface area is 207 Å². The maximum absolute atomic E-state index is 10.9. The summed E-state index contributed by atoms with van der Waals surface area (Å²) in [6.45, 7) is 11.1. The van der Waals surface area contributed by atoms with Gasteiger partial charge in [0.05, 0.1) is 17.1 Å². The molecule has 4 rings (SSSR count). The molecule has 0 aliphatic carbocycles. The van der Waals surface area contributed by atoms with Crippen LogP contribution in [0.15, 0.2) is 47.4 Å². The summed E-state index contributed by atoms with van der Waals surface area (Å²) in [5, 5.41) is 11.0. The molecule has 2 aliphatic heterocycles. The molecule has 2 fully saturated rings.